The van der Waals surface area contributed by atoms with Crippen LogP contribution in [0.2, 0.25) is 0 Å². The van der Waals surface area contributed by atoms with Crippen LogP contribution in [0.5, 0.6) is 0 Å². The molecular formula is C19H22O2. The van der Waals surface area contributed by atoms with Crippen molar-refractivity contribution in [3.63, 3.8) is 0 Å². The smallest absolute Gasteiger partial charge is 0.0437 e. The molecule has 21 heavy (non-hydrogen) atoms. The monoisotopic (exact) mass is 282 g/mol. The first-order valence-corrected chi connectivity index (χ1v) is 7.72. The summed E-state index contributed by atoms with van der Waals surface area (Å²) < 4.78 is 0. The molecule has 0 saturated heterocycles. The number of hydrogen-bond donors (Lipinski definition) is 2. The third-order valence-electron chi connectivity index (χ3n) is 4.66. The first kappa shape index (κ1) is 14.3. The first-order valence-electron chi connectivity index (χ1n) is 7.72. The molecule has 2 aromatic rings. The summed E-state index contributed by atoms with van der Waals surface area (Å²) in [4.78, 5) is 0. The maximum Gasteiger partial charge on any atom is 0.0437 e. The lowest BCUT2D eigenvalue weighted by Gasteiger charge is -2.27. The van der Waals surface area contributed by atoms with Crippen molar-refractivity contribution in [2.75, 3.05) is 13.2 Å². The Labute approximate surface area is 126 Å². The van der Waals surface area contributed by atoms with Crippen molar-refractivity contribution in [3.05, 3.63) is 70.8 Å². The second-order valence-corrected chi connectivity index (χ2v) is 5.81. The van der Waals surface area contributed by atoms with E-state index in [1.807, 2.05) is 0 Å². The van der Waals surface area contributed by atoms with Crippen LogP contribution in [-0.2, 0) is 6.42 Å². The molecule has 0 spiro atoms. The van der Waals surface area contributed by atoms with Gasteiger partial charge in [0.2, 0.25) is 0 Å². The van der Waals surface area contributed by atoms with E-state index < -0.39 is 0 Å². The fourth-order valence-corrected chi connectivity index (χ4v) is 3.74. The topological polar surface area (TPSA) is 40.5 Å². The first-order chi connectivity index (χ1) is 10.3. The summed E-state index contributed by atoms with van der Waals surface area (Å²) in [6, 6.07) is 17.1. The molecule has 2 aromatic carbocycles. The molecule has 1 aliphatic rings. The van der Waals surface area contributed by atoms with Crippen LogP contribution in [0.15, 0.2) is 48.5 Å². The molecule has 0 heterocycles. The van der Waals surface area contributed by atoms with E-state index in [0.717, 1.165) is 19.3 Å². The third-order valence-corrected chi connectivity index (χ3v) is 4.66. The molecule has 0 fully saturated rings. The van der Waals surface area contributed by atoms with Crippen LogP contribution < -0.4 is 0 Å². The van der Waals surface area contributed by atoms with E-state index in [1.165, 1.54) is 22.3 Å². The van der Waals surface area contributed by atoms with E-state index >= 15 is 0 Å². The number of hydrogen-bond acceptors (Lipinski definition) is 2. The molecule has 3 rings (SSSR count). The highest BCUT2D eigenvalue weighted by Gasteiger charge is 2.30. The Bertz CT molecular complexity index is 553. The van der Waals surface area contributed by atoms with Gasteiger partial charge in [-0.15, -0.1) is 0 Å². The fraction of sp³-hybridized carbons (Fsp3) is 0.368. The fourth-order valence-electron chi connectivity index (χ4n) is 3.74. The van der Waals surface area contributed by atoms with Crippen molar-refractivity contribution >= 4 is 0 Å². The lowest BCUT2D eigenvalue weighted by Crippen LogP contribution is -2.14. The zero-order valence-electron chi connectivity index (χ0n) is 12.2. The summed E-state index contributed by atoms with van der Waals surface area (Å²) in [5, 5.41) is 19.0. The van der Waals surface area contributed by atoms with E-state index in [4.69, 9.17) is 0 Å². The van der Waals surface area contributed by atoms with E-state index in [9.17, 15) is 10.2 Å². The third kappa shape index (κ3) is 2.74. The quantitative estimate of drug-likeness (QED) is 0.904. The number of fused-ring (bicyclic) bond motifs is 2. The second-order valence-electron chi connectivity index (χ2n) is 5.81. The number of aliphatic hydroxyl groups excluding tert-OH is 2. The van der Waals surface area contributed by atoms with Crippen molar-refractivity contribution < 1.29 is 10.2 Å². The maximum absolute atomic E-state index is 9.51. The average Bonchev–Trinajstić information content (AvgIpc) is 2.64. The molecule has 0 saturated carbocycles. The van der Waals surface area contributed by atoms with Gasteiger partial charge in [-0.1, -0.05) is 48.5 Å². The Hall–Kier alpha value is -1.64. The van der Waals surface area contributed by atoms with Crippen molar-refractivity contribution in [2.45, 2.75) is 31.1 Å². The maximum atomic E-state index is 9.51. The molecule has 2 nitrogen and oxygen atoms in total. The average molecular weight is 282 g/mol. The minimum Gasteiger partial charge on any atom is -0.396 e. The Morgan fingerprint density at radius 1 is 0.714 bits per heavy atom. The molecule has 0 amide bonds. The van der Waals surface area contributed by atoms with Crippen LogP contribution in [0.1, 0.15) is 46.9 Å². The van der Waals surface area contributed by atoms with E-state index in [0.29, 0.717) is 0 Å². The Kier molecular flexibility index (Phi) is 4.37. The zero-order valence-corrected chi connectivity index (χ0v) is 12.2. The SMILES string of the molecule is OCCC1c2ccccc2Cc2ccccc2C1CCO. The van der Waals surface area contributed by atoms with Gasteiger partial charge in [0.15, 0.2) is 0 Å². The molecule has 1 aliphatic carbocycles. The van der Waals surface area contributed by atoms with Crippen LogP contribution in [0.4, 0.5) is 0 Å². The van der Waals surface area contributed by atoms with Gasteiger partial charge in [0.1, 0.15) is 0 Å². The summed E-state index contributed by atoms with van der Waals surface area (Å²) in [6.07, 6.45) is 2.43. The van der Waals surface area contributed by atoms with Gasteiger partial charge in [-0.3, -0.25) is 0 Å². The Morgan fingerprint density at radius 3 is 1.57 bits per heavy atom. The second kappa shape index (κ2) is 6.42. The molecule has 0 radical (unpaired) electrons. The predicted molar refractivity (Wildman–Crippen MR) is 84.6 cm³/mol. The van der Waals surface area contributed by atoms with E-state index in [-0.39, 0.29) is 25.0 Å². The highest BCUT2D eigenvalue weighted by Crippen LogP contribution is 2.43. The van der Waals surface area contributed by atoms with Crippen LogP contribution in [0.3, 0.4) is 0 Å². The minimum atomic E-state index is 0.184. The van der Waals surface area contributed by atoms with Crippen molar-refractivity contribution in [2.24, 2.45) is 0 Å². The van der Waals surface area contributed by atoms with Gasteiger partial charge in [0.25, 0.3) is 0 Å². The Morgan fingerprint density at radius 2 is 1.14 bits per heavy atom. The highest BCUT2D eigenvalue weighted by atomic mass is 16.3. The summed E-state index contributed by atoms with van der Waals surface area (Å²) in [7, 11) is 0. The molecular weight excluding hydrogens is 260 g/mol. The standard InChI is InChI=1S/C19H22O2/c20-11-9-18-16-7-3-1-5-14(16)13-15-6-2-4-8-17(15)19(18)10-12-21/h1-8,18-21H,9-13H2. The summed E-state index contributed by atoms with van der Waals surface area (Å²) >= 11 is 0. The lowest BCUT2D eigenvalue weighted by molar-refractivity contribution is 0.240. The van der Waals surface area contributed by atoms with Gasteiger partial charge in [-0.25, -0.2) is 0 Å². The van der Waals surface area contributed by atoms with Gasteiger partial charge in [-0.2, -0.15) is 0 Å². The molecule has 2 heteroatoms. The van der Waals surface area contributed by atoms with Crippen LogP contribution in [-0.4, -0.2) is 23.4 Å². The van der Waals surface area contributed by atoms with Gasteiger partial charge in [-0.05, 0) is 53.4 Å². The summed E-state index contributed by atoms with van der Waals surface area (Å²) in [5.41, 5.74) is 5.37. The molecule has 0 aliphatic heterocycles. The van der Waals surface area contributed by atoms with Gasteiger partial charge in [0, 0.05) is 13.2 Å². The van der Waals surface area contributed by atoms with Crippen molar-refractivity contribution in [3.8, 4) is 0 Å². The van der Waals surface area contributed by atoms with Crippen LogP contribution in [0, 0.1) is 0 Å². The Balaban J connectivity index is 2.15. The highest BCUT2D eigenvalue weighted by molar-refractivity contribution is 5.45. The van der Waals surface area contributed by atoms with Gasteiger partial charge in [0.05, 0.1) is 0 Å². The van der Waals surface area contributed by atoms with E-state index in [2.05, 4.69) is 48.5 Å². The van der Waals surface area contributed by atoms with Crippen LogP contribution in [0.25, 0.3) is 0 Å². The van der Waals surface area contributed by atoms with Gasteiger partial charge >= 0.3 is 0 Å². The van der Waals surface area contributed by atoms with Gasteiger partial charge < -0.3 is 10.2 Å². The molecule has 2 N–H and O–H groups in total. The van der Waals surface area contributed by atoms with Crippen molar-refractivity contribution in [1.29, 1.82) is 0 Å². The van der Waals surface area contributed by atoms with Crippen molar-refractivity contribution in [1.82, 2.24) is 0 Å². The lowest BCUT2D eigenvalue weighted by atomic mass is 9.78. The normalized spacial score (nSPS) is 20.5. The summed E-state index contributed by atoms with van der Waals surface area (Å²) in [5.74, 6) is 0.559. The molecule has 0 aromatic heterocycles. The minimum absolute atomic E-state index is 0.184. The number of aliphatic hydroxyl groups is 2. The predicted octanol–water partition coefficient (Wildman–Crippen LogP) is 3.22. The molecule has 0 bridgehead atoms. The molecule has 110 valence electrons. The van der Waals surface area contributed by atoms with E-state index in [1.54, 1.807) is 0 Å². The number of benzene rings is 2. The number of rotatable bonds is 4. The summed E-state index contributed by atoms with van der Waals surface area (Å²) in [6.45, 7) is 0.367. The molecule has 2 atom stereocenters. The molecule has 2 unspecified atom stereocenters. The largest absolute Gasteiger partial charge is 0.396 e. The van der Waals surface area contributed by atoms with Crippen LogP contribution >= 0.6 is 0 Å². The zero-order chi connectivity index (χ0) is 14.7.